The van der Waals surface area contributed by atoms with Gasteiger partial charge >= 0.3 is 0 Å². The van der Waals surface area contributed by atoms with E-state index in [2.05, 4.69) is 41.3 Å². The number of amides is 2. The minimum Gasteiger partial charge on any atom is -0.441 e. The zero-order valence-electron chi connectivity index (χ0n) is 20.3. The van der Waals surface area contributed by atoms with Crippen molar-refractivity contribution in [2.45, 2.75) is 53.0 Å². The van der Waals surface area contributed by atoms with Crippen LogP contribution in [-0.4, -0.2) is 40.9 Å². The normalized spacial score (nSPS) is 15.1. The summed E-state index contributed by atoms with van der Waals surface area (Å²) in [5, 5.41) is 7.11. The van der Waals surface area contributed by atoms with E-state index in [-0.39, 0.29) is 23.3 Å². The predicted octanol–water partition coefficient (Wildman–Crippen LogP) is 5.58. The highest BCUT2D eigenvalue weighted by Gasteiger charge is 2.25. The Morgan fingerprint density at radius 2 is 1.91 bits per heavy atom. The zero-order valence-corrected chi connectivity index (χ0v) is 21.9. The third-order valence-corrected chi connectivity index (χ3v) is 8.10. The highest BCUT2D eigenvalue weighted by molar-refractivity contribution is 7.29. The summed E-state index contributed by atoms with van der Waals surface area (Å²) in [6, 6.07) is 7.56. The van der Waals surface area contributed by atoms with Crippen LogP contribution in [0.4, 0.5) is 10.8 Å². The smallest absolute Gasteiger partial charge is 0.265 e. The van der Waals surface area contributed by atoms with Gasteiger partial charge in [0.2, 0.25) is 5.91 Å². The van der Waals surface area contributed by atoms with Crippen LogP contribution in [0.5, 0.6) is 0 Å². The Bertz CT molecular complexity index is 1360. The van der Waals surface area contributed by atoms with Gasteiger partial charge in [-0.05, 0) is 42.5 Å². The molecular formula is C25H29N5O3S2. The summed E-state index contributed by atoms with van der Waals surface area (Å²) in [6.45, 7) is 9.76. The maximum Gasteiger partial charge on any atom is 0.265 e. The molecule has 0 spiro atoms. The third kappa shape index (κ3) is 5.48. The summed E-state index contributed by atoms with van der Waals surface area (Å²) in [5.41, 5.74) is 2.09. The van der Waals surface area contributed by atoms with Crippen LogP contribution in [0.15, 0.2) is 28.7 Å². The van der Waals surface area contributed by atoms with Crippen molar-refractivity contribution in [2.75, 3.05) is 23.3 Å². The Labute approximate surface area is 211 Å². The van der Waals surface area contributed by atoms with Crippen molar-refractivity contribution in [1.29, 1.82) is 0 Å². The van der Waals surface area contributed by atoms with Crippen LogP contribution < -0.4 is 15.5 Å². The van der Waals surface area contributed by atoms with Crippen molar-refractivity contribution in [2.24, 2.45) is 5.41 Å². The maximum atomic E-state index is 12.8. The molecule has 1 aliphatic heterocycles. The second-order valence-corrected chi connectivity index (χ2v) is 12.3. The summed E-state index contributed by atoms with van der Waals surface area (Å²) in [4.78, 5) is 37.9. The highest BCUT2D eigenvalue weighted by atomic mass is 32.1. The molecule has 8 nitrogen and oxygen atoms in total. The molecule has 0 aliphatic carbocycles. The Kier molecular flexibility index (Phi) is 6.27. The van der Waals surface area contributed by atoms with Crippen molar-refractivity contribution in [3.8, 4) is 0 Å². The number of thiophene rings is 1. The van der Waals surface area contributed by atoms with Gasteiger partial charge in [0, 0.05) is 38.2 Å². The molecule has 4 heterocycles. The SMILES string of the molecule is Cc1nc2cc(NC(=O)c3cc4sc(N5CCC(NC(=O)CC(C)(C)C)CC5)nc4s3)ccc2o1. The van der Waals surface area contributed by atoms with Gasteiger partial charge in [0.05, 0.1) is 9.58 Å². The Morgan fingerprint density at radius 1 is 1.14 bits per heavy atom. The number of aromatic nitrogens is 2. The number of hydrogen-bond acceptors (Lipinski definition) is 8. The van der Waals surface area contributed by atoms with E-state index in [0.717, 1.165) is 46.1 Å². The molecule has 0 bridgehead atoms. The van der Waals surface area contributed by atoms with Gasteiger partial charge in [-0.2, -0.15) is 0 Å². The Morgan fingerprint density at radius 3 is 2.63 bits per heavy atom. The van der Waals surface area contributed by atoms with Crippen LogP contribution in [0.1, 0.15) is 55.6 Å². The number of carbonyl (C=O) groups is 2. The molecular weight excluding hydrogens is 482 g/mol. The quantitative estimate of drug-likeness (QED) is 0.363. The Hall–Kier alpha value is -2.98. The molecule has 2 amide bonds. The van der Waals surface area contributed by atoms with Crippen molar-refractivity contribution in [1.82, 2.24) is 15.3 Å². The fraction of sp³-hybridized carbons (Fsp3) is 0.440. The maximum absolute atomic E-state index is 12.8. The summed E-state index contributed by atoms with van der Waals surface area (Å²) < 4.78 is 6.50. The summed E-state index contributed by atoms with van der Waals surface area (Å²) in [5.74, 6) is 0.569. The first-order chi connectivity index (χ1) is 16.6. The molecule has 2 N–H and O–H groups in total. The van der Waals surface area contributed by atoms with E-state index in [0.29, 0.717) is 28.5 Å². The summed E-state index contributed by atoms with van der Waals surface area (Å²) in [6.07, 6.45) is 2.36. The molecule has 3 aromatic heterocycles. The van der Waals surface area contributed by atoms with Crippen LogP contribution >= 0.6 is 22.7 Å². The van der Waals surface area contributed by atoms with Crippen molar-refractivity contribution < 1.29 is 14.0 Å². The monoisotopic (exact) mass is 511 g/mol. The number of rotatable bonds is 5. The number of nitrogens with one attached hydrogen (secondary N) is 2. The van der Waals surface area contributed by atoms with Crippen LogP contribution in [0.25, 0.3) is 20.6 Å². The van der Waals surface area contributed by atoms with Crippen molar-refractivity contribution in [3.63, 3.8) is 0 Å². The molecule has 0 unspecified atom stereocenters. The lowest BCUT2D eigenvalue weighted by molar-refractivity contribution is -0.123. The predicted molar refractivity (Wildman–Crippen MR) is 142 cm³/mol. The van der Waals surface area contributed by atoms with Gasteiger partial charge in [0.15, 0.2) is 16.6 Å². The average molecular weight is 512 g/mol. The lowest BCUT2D eigenvalue weighted by Crippen LogP contribution is -2.45. The third-order valence-electron chi connectivity index (χ3n) is 5.88. The van der Waals surface area contributed by atoms with Crippen LogP contribution in [0, 0.1) is 12.3 Å². The summed E-state index contributed by atoms with van der Waals surface area (Å²) >= 11 is 3.01. The molecule has 0 saturated carbocycles. The molecule has 4 aromatic rings. The first kappa shape index (κ1) is 23.7. The lowest BCUT2D eigenvalue weighted by atomic mass is 9.91. The van der Waals surface area contributed by atoms with Crippen LogP contribution in [0.3, 0.4) is 0 Å². The largest absolute Gasteiger partial charge is 0.441 e. The van der Waals surface area contributed by atoms with Gasteiger partial charge in [-0.3, -0.25) is 9.59 Å². The van der Waals surface area contributed by atoms with Gasteiger partial charge in [-0.15, -0.1) is 11.3 Å². The first-order valence-corrected chi connectivity index (χ1v) is 13.4. The number of piperidine rings is 1. The molecule has 5 rings (SSSR count). The number of oxazole rings is 1. The van der Waals surface area contributed by atoms with E-state index in [9.17, 15) is 9.59 Å². The van der Waals surface area contributed by atoms with Gasteiger partial charge in [-0.25, -0.2) is 9.97 Å². The molecule has 35 heavy (non-hydrogen) atoms. The number of carbonyl (C=O) groups excluding carboxylic acids is 2. The molecule has 10 heteroatoms. The number of fused-ring (bicyclic) bond motifs is 2. The second-order valence-electron chi connectivity index (χ2n) is 10.2. The second kappa shape index (κ2) is 9.23. The minimum absolute atomic E-state index is 0.00306. The van der Waals surface area contributed by atoms with Crippen LogP contribution in [-0.2, 0) is 4.79 Å². The van der Waals surface area contributed by atoms with E-state index < -0.39 is 0 Å². The first-order valence-electron chi connectivity index (χ1n) is 11.8. The standard InChI is InChI=1S/C25H29N5O3S2/c1-14-26-17-11-16(5-6-18(17)33-14)28-22(32)19-12-20-23(34-19)29-24(35-20)30-9-7-15(8-10-30)27-21(31)13-25(2,3)4/h5-6,11-12,15H,7-10,13H2,1-4H3,(H,27,31)(H,28,32). The van der Waals surface area contributed by atoms with Crippen LogP contribution in [0.2, 0.25) is 0 Å². The van der Waals surface area contributed by atoms with Gasteiger partial charge < -0.3 is 20.0 Å². The molecule has 0 atom stereocenters. The van der Waals surface area contributed by atoms with E-state index in [4.69, 9.17) is 9.40 Å². The fourth-order valence-electron chi connectivity index (χ4n) is 4.26. The van der Waals surface area contributed by atoms with Gasteiger partial charge in [0.25, 0.3) is 5.91 Å². The number of hydrogen-bond donors (Lipinski definition) is 2. The highest BCUT2D eigenvalue weighted by Crippen LogP contribution is 2.36. The molecule has 1 fully saturated rings. The van der Waals surface area contributed by atoms with Crippen molar-refractivity contribution >= 4 is 65.9 Å². The average Bonchev–Trinajstić information content (AvgIpc) is 3.44. The zero-order chi connectivity index (χ0) is 24.7. The van der Waals surface area contributed by atoms with E-state index >= 15 is 0 Å². The molecule has 0 radical (unpaired) electrons. The number of thiazole rings is 1. The molecule has 1 aliphatic rings. The van der Waals surface area contributed by atoms with Crippen molar-refractivity contribution in [3.05, 3.63) is 35.0 Å². The number of benzene rings is 1. The van der Waals surface area contributed by atoms with Gasteiger partial charge in [0.1, 0.15) is 10.3 Å². The van der Waals surface area contributed by atoms with E-state index in [1.54, 1.807) is 18.3 Å². The Balaban J connectivity index is 1.19. The number of nitrogens with zero attached hydrogens (tertiary/aromatic N) is 3. The molecule has 1 aromatic carbocycles. The molecule has 184 valence electrons. The van der Waals surface area contributed by atoms with E-state index in [1.165, 1.54) is 11.3 Å². The lowest BCUT2D eigenvalue weighted by Gasteiger charge is -2.32. The minimum atomic E-state index is -0.159. The summed E-state index contributed by atoms with van der Waals surface area (Å²) in [7, 11) is 0. The number of aryl methyl sites for hydroxylation is 1. The molecule has 1 saturated heterocycles. The topological polar surface area (TPSA) is 100 Å². The van der Waals surface area contributed by atoms with E-state index in [1.807, 2.05) is 24.3 Å². The van der Waals surface area contributed by atoms with Gasteiger partial charge in [-0.1, -0.05) is 32.1 Å². The fourth-order valence-corrected chi connectivity index (χ4v) is 6.42. The number of anilines is 2.